The average molecular weight is 397 g/mol. The lowest BCUT2D eigenvalue weighted by atomic mass is 9.90. The first-order valence-electron chi connectivity index (χ1n) is 9.08. The normalized spacial score (nSPS) is 16.6. The second-order valence-corrected chi connectivity index (χ2v) is 7.34. The van der Waals surface area contributed by atoms with Crippen LogP contribution in [0.2, 0.25) is 0 Å². The predicted molar refractivity (Wildman–Crippen MR) is 107 cm³/mol. The Morgan fingerprint density at radius 2 is 2.00 bits per heavy atom. The maximum absolute atomic E-state index is 12.6. The topological polar surface area (TPSA) is 94.5 Å². The van der Waals surface area contributed by atoms with E-state index in [4.69, 9.17) is 26.4 Å². The smallest absolute Gasteiger partial charge is 0.346 e. The van der Waals surface area contributed by atoms with Crippen LogP contribution in [0, 0.1) is 11.3 Å². The third-order valence-electron chi connectivity index (χ3n) is 5.22. The molecule has 2 aliphatic rings. The molecule has 0 bridgehead atoms. The quantitative estimate of drug-likeness (QED) is 0.368. The summed E-state index contributed by atoms with van der Waals surface area (Å²) in [6.07, 6.45) is 6.28. The number of fused-ring (bicyclic) bond motifs is 2. The maximum atomic E-state index is 12.6. The van der Waals surface area contributed by atoms with Gasteiger partial charge in [0, 0.05) is 29.7 Å². The number of nitriles is 1. The molecule has 28 heavy (non-hydrogen) atoms. The Balaban J connectivity index is 1.86. The van der Waals surface area contributed by atoms with Crippen molar-refractivity contribution in [1.82, 2.24) is 0 Å². The van der Waals surface area contributed by atoms with E-state index < -0.39 is 17.2 Å². The van der Waals surface area contributed by atoms with Crippen molar-refractivity contribution in [2.24, 2.45) is 0 Å². The number of carbonyl (C=O) groups is 1. The van der Waals surface area contributed by atoms with Gasteiger partial charge in [0.05, 0.1) is 10.6 Å². The van der Waals surface area contributed by atoms with Crippen molar-refractivity contribution in [3.8, 4) is 6.07 Å². The molecule has 2 aromatic rings. The van der Waals surface area contributed by atoms with Crippen LogP contribution in [0.5, 0.6) is 0 Å². The highest BCUT2D eigenvalue weighted by atomic mass is 35.5. The Hall–Kier alpha value is -3.04. The summed E-state index contributed by atoms with van der Waals surface area (Å²) in [4.78, 5) is 25.8. The minimum absolute atomic E-state index is 0.0256. The van der Waals surface area contributed by atoms with Crippen molar-refractivity contribution in [2.75, 3.05) is 18.0 Å². The highest BCUT2D eigenvalue weighted by molar-refractivity contribution is 6.49. The van der Waals surface area contributed by atoms with Crippen molar-refractivity contribution >= 4 is 39.3 Å². The van der Waals surface area contributed by atoms with E-state index in [1.54, 1.807) is 12.1 Å². The number of halogens is 1. The zero-order valence-electron chi connectivity index (χ0n) is 15.0. The van der Waals surface area contributed by atoms with E-state index in [0.717, 1.165) is 55.8 Å². The molecular weight excluding hydrogens is 380 g/mol. The summed E-state index contributed by atoms with van der Waals surface area (Å²) in [5.74, 6) is -1.36. The lowest BCUT2D eigenvalue weighted by Gasteiger charge is -2.37. The van der Waals surface area contributed by atoms with E-state index in [1.807, 2.05) is 0 Å². The van der Waals surface area contributed by atoms with Gasteiger partial charge in [0.25, 0.3) is 0 Å². The SMILES string of the molecule is N#C/C(=C/C=C(\Cl)c1cc2cc3c4c(c2oc1=O)CCCN4CCC3)C(=O)O. The van der Waals surface area contributed by atoms with Crippen LogP contribution >= 0.6 is 11.6 Å². The van der Waals surface area contributed by atoms with Gasteiger partial charge in [-0.05, 0) is 55.5 Å². The summed E-state index contributed by atoms with van der Waals surface area (Å²) in [7, 11) is 0. The van der Waals surface area contributed by atoms with Gasteiger partial charge in [-0.3, -0.25) is 0 Å². The molecule has 1 aromatic heterocycles. The molecular formula is C21H17ClN2O4. The molecule has 4 rings (SSSR count). The minimum atomic E-state index is -1.36. The number of hydrogen-bond acceptors (Lipinski definition) is 5. The fourth-order valence-electron chi connectivity index (χ4n) is 4.02. The first-order valence-corrected chi connectivity index (χ1v) is 9.46. The molecule has 0 saturated heterocycles. The average Bonchev–Trinajstić information content (AvgIpc) is 2.68. The Morgan fingerprint density at radius 3 is 2.71 bits per heavy atom. The van der Waals surface area contributed by atoms with Crippen LogP contribution in [0.1, 0.15) is 29.5 Å². The molecule has 0 fully saturated rings. The van der Waals surface area contributed by atoms with Crippen molar-refractivity contribution in [2.45, 2.75) is 25.7 Å². The van der Waals surface area contributed by atoms with Gasteiger partial charge >= 0.3 is 11.6 Å². The van der Waals surface area contributed by atoms with Gasteiger partial charge in [0.2, 0.25) is 0 Å². The van der Waals surface area contributed by atoms with E-state index in [1.165, 1.54) is 17.3 Å². The first kappa shape index (κ1) is 18.3. The summed E-state index contributed by atoms with van der Waals surface area (Å²) in [5.41, 5.74) is 3.24. The lowest BCUT2D eigenvalue weighted by Crippen LogP contribution is -2.34. The number of aryl methyl sites for hydroxylation is 2. The summed E-state index contributed by atoms with van der Waals surface area (Å²) >= 11 is 6.21. The number of aliphatic carboxylic acids is 1. The molecule has 3 heterocycles. The van der Waals surface area contributed by atoms with Crippen molar-refractivity contribution in [3.63, 3.8) is 0 Å². The summed E-state index contributed by atoms with van der Waals surface area (Å²) in [6, 6.07) is 5.30. The van der Waals surface area contributed by atoms with E-state index >= 15 is 0 Å². The van der Waals surface area contributed by atoms with Crippen molar-refractivity contribution in [1.29, 1.82) is 5.26 Å². The van der Waals surface area contributed by atoms with E-state index in [0.29, 0.717) is 5.58 Å². The van der Waals surface area contributed by atoms with Gasteiger partial charge in [0.15, 0.2) is 0 Å². The van der Waals surface area contributed by atoms with Gasteiger partial charge < -0.3 is 14.4 Å². The predicted octanol–water partition coefficient (Wildman–Crippen LogP) is 3.61. The van der Waals surface area contributed by atoms with Crippen LogP contribution in [0.3, 0.4) is 0 Å². The highest BCUT2D eigenvalue weighted by Gasteiger charge is 2.27. The third-order valence-corrected chi connectivity index (χ3v) is 5.55. The number of benzene rings is 1. The number of anilines is 1. The Labute approximate surface area is 165 Å². The number of allylic oxidation sites excluding steroid dienone is 2. The highest BCUT2D eigenvalue weighted by Crippen LogP contribution is 2.40. The molecule has 0 saturated carbocycles. The van der Waals surface area contributed by atoms with Gasteiger partial charge in [-0.1, -0.05) is 11.6 Å². The molecule has 0 radical (unpaired) electrons. The monoisotopic (exact) mass is 396 g/mol. The van der Waals surface area contributed by atoms with Crippen molar-refractivity contribution in [3.05, 3.63) is 57.0 Å². The molecule has 0 amide bonds. The first-order chi connectivity index (χ1) is 13.5. The van der Waals surface area contributed by atoms with Crippen LogP contribution in [-0.4, -0.2) is 24.2 Å². The molecule has 0 atom stereocenters. The lowest BCUT2D eigenvalue weighted by molar-refractivity contribution is -0.132. The Kier molecular flexibility index (Phi) is 4.70. The van der Waals surface area contributed by atoms with E-state index in [2.05, 4.69) is 11.0 Å². The largest absolute Gasteiger partial charge is 0.477 e. The van der Waals surface area contributed by atoms with Gasteiger partial charge in [-0.2, -0.15) is 5.26 Å². The Morgan fingerprint density at radius 1 is 1.25 bits per heavy atom. The molecule has 6 nitrogen and oxygen atoms in total. The zero-order valence-corrected chi connectivity index (χ0v) is 15.8. The van der Waals surface area contributed by atoms with Crippen LogP contribution in [0.15, 0.2) is 39.1 Å². The minimum Gasteiger partial charge on any atom is -0.477 e. The molecule has 1 aromatic carbocycles. The van der Waals surface area contributed by atoms with Crippen LogP contribution in [0.4, 0.5) is 5.69 Å². The molecule has 2 aliphatic heterocycles. The molecule has 0 unspecified atom stereocenters. The molecule has 7 heteroatoms. The zero-order chi connectivity index (χ0) is 19.8. The van der Waals surface area contributed by atoms with Crippen LogP contribution in [0.25, 0.3) is 16.0 Å². The second-order valence-electron chi connectivity index (χ2n) is 6.93. The number of hydrogen-bond donors (Lipinski definition) is 1. The fraction of sp³-hybridized carbons (Fsp3) is 0.286. The van der Waals surface area contributed by atoms with Crippen LogP contribution in [-0.2, 0) is 17.6 Å². The summed E-state index contributed by atoms with van der Waals surface area (Å²) < 4.78 is 5.66. The maximum Gasteiger partial charge on any atom is 0.346 e. The van der Waals surface area contributed by atoms with Gasteiger partial charge in [-0.25, -0.2) is 9.59 Å². The number of rotatable bonds is 3. The van der Waals surface area contributed by atoms with E-state index in [9.17, 15) is 9.59 Å². The summed E-state index contributed by atoms with van der Waals surface area (Å²) in [5, 5.41) is 18.6. The molecule has 142 valence electrons. The van der Waals surface area contributed by atoms with E-state index in [-0.39, 0.29) is 10.6 Å². The van der Waals surface area contributed by atoms with Crippen molar-refractivity contribution < 1.29 is 14.3 Å². The number of carboxylic acid groups (broad SMARTS) is 1. The number of carboxylic acids is 1. The van der Waals surface area contributed by atoms with Gasteiger partial charge in [0.1, 0.15) is 17.2 Å². The molecule has 0 spiro atoms. The summed E-state index contributed by atoms with van der Waals surface area (Å²) in [6.45, 7) is 2.05. The third kappa shape index (κ3) is 3.08. The van der Waals surface area contributed by atoms with Crippen LogP contribution < -0.4 is 10.5 Å². The second kappa shape index (κ2) is 7.17. The number of nitrogens with zero attached hydrogens (tertiary/aromatic N) is 2. The standard InChI is InChI=1S/C21H17ClN2O4/c22-17(6-5-13(11-23)20(25)26)16-10-14-9-12-3-1-7-24-8-2-4-15(18(12)24)19(14)28-21(16)27/h5-6,9-10H,1-4,7-8H2,(H,25,26)/b13-5-,17-6-. The Bertz CT molecular complexity index is 1150. The molecule has 1 N–H and O–H groups in total. The fourth-order valence-corrected chi connectivity index (χ4v) is 4.21. The molecule has 0 aliphatic carbocycles. The van der Waals surface area contributed by atoms with Gasteiger partial charge in [-0.15, -0.1) is 0 Å².